The lowest BCUT2D eigenvalue weighted by molar-refractivity contribution is 0.0937. The van der Waals surface area contributed by atoms with Crippen molar-refractivity contribution in [3.63, 3.8) is 0 Å². The van der Waals surface area contributed by atoms with Crippen LogP contribution in [0.3, 0.4) is 0 Å². The maximum atomic E-state index is 13.1. The van der Waals surface area contributed by atoms with Crippen molar-refractivity contribution in [2.24, 2.45) is 5.73 Å². The molecule has 2 aromatic carbocycles. The SMILES string of the molecule is NC(=O)c1ccc(CSc2nc3ccccc3c(=O)n2CC2CCCO2)cc1. The minimum Gasteiger partial charge on any atom is -0.376 e. The van der Waals surface area contributed by atoms with E-state index in [1.54, 1.807) is 16.7 Å². The highest BCUT2D eigenvalue weighted by molar-refractivity contribution is 7.98. The molecule has 1 unspecified atom stereocenters. The molecular weight excluding hydrogens is 374 g/mol. The smallest absolute Gasteiger partial charge is 0.262 e. The molecule has 2 heterocycles. The summed E-state index contributed by atoms with van der Waals surface area (Å²) < 4.78 is 7.47. The Morgan fingerprint density at radius 2 is 2.00 bits per heavy atom. The molecule has 7 heteroatoms. The molecule has 0 spiro atoms. The van der Waals surface area contributed by atoms with Gasteiger partial charge in [0.2, 0.25) is 5.91 Å². The van der Waals surface area contributed by atoms with Crippen LogP contribution in [-0.4, -0.2) is 28.2 Å². The predicted molar refractivity (Wildman–Crippen MR) is 109 cm³/mol. The lowest BCUT2D eigenvalue weighted by atomic mass is 10.1. The van der Waals surface area contributed by atoms with Crippen molar-refractivity contribution in [2.45, 2.75) is 36.4 Å². The Balaban J connectivity index is 1.64. The third kappa shape index (κ3) is 3.95. The maximum Gasteiger partial charge on any atom is 0.262 e. The standard InChI is InChI=1S/C21H21N3O3S/c22-19(25)15-9-7-14(8-10-15)13-28-21-23-18-6-2-1-5-17(18)20(26)24(21)12-16-4-3-11-27-16/h1-2,5-10,16H,3-4,11-13H2,(H2,22,25). The van der Waals surface area contributed by atoms with Crippen molar-refractivity contribution in [1.82, 2.24) is 9.55 Å². The van der Waals surface area contributed by atoms with E-state index in [0.717, 1.165) is 25.0 Å². The van der Waals surface area contributed by atoms with Crippen LogP contribution in [0.25, 0.3) is 10.9 Å². The van der Waals surface area contributed by atoms with Crippen LogP contribution in [0.4, 0.5) is 0 Å². The molecule has 1 aliphatic rings. The number of nitrogens with two attached hydrogens (primary N) is 1. The fourth-order valence-electron chi connectivity index (χ4n) is 3.32. The van der Waals surface area contributed by atoms with Crippen LogP contribution in [0, 0.1) is 0 Å². The Labute approximate surface area is 166 Å². The first kappa shape index (κ1) is 18.7. The van der Waals surface area contributed by atoms with Crippen molar-refractivity contribution >= 4 is 28.6 Å². The number of fused-ring (bicyclic) bond motifs is 1. The van der Waals surface area contributed by atoms with Gasteiger partial charge in [0.15, 0.2) is 5.16 Å². The van der Waals surface area contributed by atoms with Crippen molar-refractivity contribution in [3.8, 4) is 0 Å². The average Bonchev–Trinajstić information content (AvgIpc) is 3.22. The number of para-hydroxylation sites is 1. The van der Waals surface area contributed by atoms with E-state index >= 15 is 0 Å². The monoisotopic (exact) mass is 395 g/mol. The highest BCUT2D eigenvalue weighted by Crippen LogP contribution is 2.24. The highest BCUT2D eigenvalue weighted by Gasteiger charge is 2.20. The van der Waals surface area contributed by atoms with Crippen molar-refractivity contribution < 1.29 is 9.53 Å². The topological polar surface area (TPSA) is 87.2 Å². The molecular formula is C21H21N3O3S. The molecule has 1 amide bonds. The summed E-state index contributed by atoms with van der Waals surface area (Å²) in [6.07, 6.45) is 2.03. The van der Waals surface area contributed by atoms with E-state index in [4.69, 9.17) is 15.5 Å². The third-order valence-corrected chi connectivity index (χ3v) is 5.89. The molecule has 1 atom stereocenters. The lowest BCUT2D eigenvalue weighted by Crippen LogP contribution is -2.28. The second-order valence-electron chi connectivity index (χ2n) is 6.81. The summed E-state index contributed by atoms with van der Waals surface area (Å²) in [4.78, 5) is 29.0. The number of benzene rings is 2. The van der Waals surface area contributed by atoms with E-state index in [1.165, 1.54) is 11.8 Å². The molecule has 1 fully saturated rings. The van der Waals surface area contributed by atoms with Gasteiger partial charge in [0.1, 0.15) is 0 Å². The number of amides is 1. The number of hydrogen-bond donors (Lipinski definition) is 1. The summed E-state index contributed by atoms with van der Waals surface area (Å²) >= 11 is 1.51. The molecule has 28 heavy (non-hydrogen) atoms. The van der Waals surface area contributed by atoms with Crippen LogP contribution < -0.4 is 11.3 Å². The predicted octanol–water partition coefficient (Wildman–Crippen LogP) is 2.97. The first-order chi connectivity index (χ1) is 13.6. The quantitative estimate of drug-likeness (QED) is 0.512. The second-order valence-corrected chi connectivity index (χ2v) is 7.75. The Kier molecular flexibility index (Phi) is 5.45. The number of nitrogens with zero attached hydrogens (tertiary/aromatic N) is 2. The van der Waals surface area contributed by atoms with Gasteiger partial charge in [-0.3, -0.25) is 14.2 Å². The van der Waals surface area contributed by atoms with Gasteiger partial charge in [-0.2, -0.15) is 0 Å². The minimum absolute atomic E-state index is 0.0346. The van der Waals surface area contributed by atoms with Crippen molar-refractivity contribution in [2.75, 3.05) is 6.61 Å². The summed E-state index contributed by atoms with van der Waals surface area (Å²) in [6.45, 7) is 1.26. The Morgan fingerprint density at radius 3 is 2.71 bits per heavy atom. The summed E-state index contributed by atoms with van der Waals surface area (Å²) in [6, 6.07) is 14.6. The zero-order chi connectivity index (χ0) is 19.5. The Morgan fingerprint density at radius 1 is 1.21 bits per heavy atom. The number of aromatic nitrogens is 2. The van der Waals surface area contributed by atoms with E-state index in [2.05, 4.69) is 0 Å². The zero-order valence-electron chi connectivity index (χ0n) is 15.3. The fraction of sp³-hybridized carbons (Fsp3) is 0.286. The maximum absolute atomic E-state index is 13.1. The van der Waals surface area contributed by atoms with E-state index < -0.39 is 5.91 Å². The van der Waals surface area contributed by atoms with Crippen molar-refractivity contribution in [3.05, 3.63) is 70.0 Å². The highest BCUT2D eigenvalue weighted by atomic mass is 32.2. The molecule has 4 rings (SSSR count). The second kappa shape index (κ2) is 8.16. The molecule has 0 saturated carbocycles. The van der Waals surface area contributed by atoms with E-state index in [0.29, 0.717) is 33.9 Å². The molecule has 1 aliphatic heterocycles. The van der Waals surface area contributed by atoms with Gasteiger partial charge in [-0.1, -0.05) is 36.0 Å². The number of hydrogen-bond acceptors (Lipinski definition) is 5. The number of thioether (sulfide) groups is 1. The van der Waals surface area contributed by atoms with E-state index in [9.17, 15) is 9.59 Å². The molecule has 3 aromatic rings. The first-order valence-corrected chi connectivity index (χ1v) is 10.2. The number of carbonyl (C=O) groups excluding carboxylic acids is 1. The summed E-state index contributed by atoms with van der Waals surface area (Å²) in [5.74, 6) is 0.191. The number of rotatable bonds is 6. The van der Waals surface area contributed by atoms with Gasteiger partial charge < -0.3 is 10.5 Å². The summed E-state index contributed by atoms with van der Waals surface area (Å²) in [5.41, 5.74) is 7.46. The number of carbonyl (C=O) groups is 1. The van der Waals surface area contributed by atoms with Gasteiger partial charge in [-0.25, -0.2) is 4.98 Å². The van der Waals surface area contributed by atoms with Gasteiger partial charge in [-0.15, -0.1) is 0 Å². The molecule has 1 saturated heterocycles. The Bertz CT molecular complexity index is 1060. The molecule has 2 N–H and O–H groups in total. The number of primary amides is 1. The lowest BCUT2D eigenvalue weighted by Gasteiger charge is -2.16. The molecule has 0 bridgehead atoms. The molecule has 1 aromatic heterocycles. The van der Waals surface area contributed by atoms with Crippen molar-refractivity contribution in [1.29, 1.82) is 0 Å². The average molecular weight is 395 g/mol. The van der Waals surface area contributed by atoms with E-state index in [1.807, 2.05) is 36.4 Å². The van der Waals surface area contributed by atoms with Gasteiger partial charge in [0.25, 0.3) is 5.56 Å². The summed E-state index contributed by atoms with van der Waals surface area (Å²) in [7, 11) is 0. The van der Waals surface area contributed by atoms with Crippen LogP contribution in [-0.2, 0) is 17.0 Å². The van der Waals surface area contributed by atoms with Crippen LogP contribution >= 0.6 is 11.8 Å². The van der Waals surface area contributed by atoms with Gasteiger partial charge in [-0.05, 0) is 42.7 Å². The Hall–Kier alpha value is -2.64. The molecule has 0 radical (unpaired) electrons. The molecule has 6 nitrogen and oxygen atoms in total. The first-order valence-electron chi connectivity index (χ1n) is 9.24. The van der Waals surface area contributed by atoms with Crippen LogP contribution in [0.15, 0.2) is 58.5 Å². The van der Waals surface area contributed by atoms with Crippen LogP contribution in [0.2, 0.25) is 0 Å². The fourth-order valence-corrected chi connectivity index (χ4v) is 4.29. The normalized spacial score (nSPS) is 16.5. The van der Waals surface area contributed by atoms with Gasteiger partial charge in [0, 0.05) is 17.9 Å². The van der Waals surface area contributed by atoms with Crippen LogP contribution in [0.5, 0.6) is 0 Å². The van der Waals surface area contributed by atoms with Gasteiger partial charge in [0.05, 0.1) is 23.6 Å². The minimum atomic E-state index is -0.444. The third-order valence-electron chi connectivity index (χ3n) is 4.84. The zero-order valence-corrected chi connectivity index (χ0v) is 16.2. The summed E-state index contributed by atoms with van der Waals surface area (Å²) in [5, 5.41) is 1.30. The van der Waals surface area contributed by atoms with Crippen LogP contribution in [0.1, 0.15) is 28.8 Å². The molecule has 0 aliphatic carbocycles. The number of ether oxygens (including phenoxy) is 1. The van der Waals surface area contributed by atoms with E-state index in [-0.39, 0.29) is 11.7 Å². The molecule has 144 valence electrons. The van der Waals surface area contributed by atoms with Gasteiger partial charge >= 0.3 is 0 Å². The largest absolute Gasteiger partial charge is 0.376 e.